The average molecular weight is 374 g/mol. The maximum atomic E-state index is 13.4. The molecule has 4 nitrogen and oxygen atoms in total. The number of hydrogen-bond donors (Lipinski definition) is 1. The Balaban J connectivity index is 1.80. The molecule has 0 spiro atoms. The van der Waals surface area contributed by atoms with Crippen LogP contribution in [0.3, 0.4) is 0 Å². The van der Waals surface area contributed by atoms with Crippen molar-refractivity contribution in [3.05, 3.63) is 77.5 Å². The Kier molecular flexibility index (Phi) is 4.59. The molecular weight excluding hydrogens is 351 g/mol. The maximum absolute atomic E-state index is 13.4. The van der Waals surface area contributed by atoms with Gasteiger partial charge in [-0.1, -0.05) is 26.0 Å². The number of hydrogen-bond acceptors (Lipinski definition) is 3. The van der Waals surface area contributed by atoms with Crippen molar-refractivity contribution in [1.29, 1.82) is 0 Å². The maximum Gasteiger partial charge on any atom is 0.150 e. The van der Waals surface area contributed by atoms with Gasteiger partial charge in [-0.05, 0) is 67.3 Å². The standard InChI is InChI=1S/C23H23FN4/c1-14(2)17-5-9-19(10-6-17)27-22-21-15(3)16(4)28(23(21)26-13-25-22)20-11-7-18(24)8-12-20/h5-14H,1-4H3,(H,25,26,27). The molecule has 0 radical (unpaired) electrons. The fraction of sp³-hybridized carbons (Fsp3) is 0.217. The first-order valence-electron chi connectivity index (χ1n) is 9.41. The quantitative estimate of drug-likeness (QED) is 0.473. The van der Waals surface area contributed by atoms with Crippen molar-refractivity contribution in [2.45, 2.75) is 33.6 Å². The van der Waals surface area contributed by atoms with E-state index in [1.54, 1.807) is 18.5 Å². The van der Waals surface area contributed by atoms with Crippen LogP contribution in [-0.4, -0.2) is 14.5 Å². The van der Waals surface area contributed by atoms with E-state index < -0.39 is 0 Å². The van der Waals surface area contributed by atoms with E-state index in [-0.39, 0.29) is 5.82 Å². The van der Waals surface area contributed by atoms with E-state index in [0.29, 0.717) is 5.92 Å². The van der Waals surface area contributed by atoms with E-state index in [9.17, 15) is 4.39 Å². The molecule has 4 rings (SSSR count). The molecule has 0 aliphatic heterocycles. The number of fused-ring (bicyclic) bond motifs is 1. The summed E-state index contributed by atoms with van der Waals surface area (Å²) in [5.74, 6) is 1.01. The van der Waals surface area contributed by atoms with Gasteiger partial charge in [0.15, 0.2) is 5.65 Å². The van der Waals surface area contributed by atoms with Crippen molar-refractivity contribution >= 4 is 22.5 Å². The smallest absolute Gasteiger partial charge is 0.150 e. The van der Waals surface area contributed by atoms with Crippen molar-refractivity contribution in [3.63, 3.8) is 0 Å². The summed E-state index contributed by atoms with van der Waals surface area (Å²) in [4.78, 5) is 9.01. The van der Waals surface area contributed by atoms with Gasteiger partial charge in [-0.2, -0.15) is 0 Å². The second kappa shape index (κ2) is 7.08. The molecule has 1 N–H and O–H groups in total. The third-order valence-corrected chi connectivity index (χ3v) is 5.22. The lowest BCUT2D eigenvalue weighted by Crippen LogP contribution is -2.00. The minimum Gasteiger partial charge on any atom is -0.340 e. The van der Waals surface area contributed by atoms with Crippen LogP contribution < -0.4 is 5.32 Å². The highest BCUT2D eigenvalue weighted by molar-refractivity contribution is 5.94. The van der Waals surface area contributed by atoms with Crippen molar-refractivity contribution in [3.8, 4) is 5.69 Å². The monoisotopic (exact) mass is 374 g/mol. The molecule has 0 fully saturated rings. The normalized spacial score (nSPS) is 11.4. The van der Waals surface area contributed by atoms with Gasteiger partial charge in [0.05, 0.1) is 5.39 Å². The molecule has 0 saturated carbocycles. The van der Waals surface area contributed by atoms with Crippen molar-refractivity contribution in [2.24, 2.45) is 0 Å². The summed E-state index contributed by atoms with van der Waals surface area (Å²) in [5, 5.41) is 4.40. The minimum absolute atomic E-state index is 0.253. The molecule has 0 unspecified atom stereocenters. The second-order valence-electron chi connectivity index (χ2n) is 7.34. The molecule has 2 aromatic carbocycles. The van der Waals surface area contributed by atoms with E-state index in [2.05, 4.69) is 60.3 Å². The van der Waals surface area contributed by atoms with Crippen LogP contribution in [0.5, 0.6) is 0 Å². The van der Waals surface area contributed by atoms with Gasteiger partial charge < -0.3 is 5.32 Å². The number of nitrogens with zero attached hydrogens (tertiary/aromatic N) is 3. The second-order valence-corrected chi connectivity index (χ2v) is 7.34. The number of aromatic nitrogens is 3. The number of aryl methyl sites for hydroxylation is 1. The third-order valence-electron chi connectivity index (χ3n) is 5.22. The molecule has 0 atom stereocenters. The largest absolute Gasteiger partial charge is 0.340 e. The molecular formula is C23H23FN4. The summed E-state index contributed by atoms with van der Waals surface area (Å²) >= 11 is 0. The third kappa shape index (κ3) is 3.13. The fourth-order valence-electron chi connectivity index (χ4n) is 3.49. The van der Waals surface area contributed by atoms with Crippen LogP contribution in [-0.2, 0) is 0 Å². The summed E-state index contributed by atoms with van der Waals surface area (Å²) in [6.07, 6.45) is 1.56. The molecule has 4 aromatic rings. The van der Waals surface area contributed by atoms with Crippen LogP contribution in [0.25, 0.3) is 16.7 Å². The van der Waals surface area contributed by atoms with Crippen LogP contribution in [0.1, 0.15) is 36.6 Å². The van der Waals surface area contributed by atoms with Crippen LogP contribution >= 0.6 is 0 Å². The summed E-state index contributed by atoms with van der Waals surface area (Å²) in [6, 6.07) is 14.9. The highest BCUT2D eigenvalue weighted by Crippen LogP contribution is 2.32. The Hall–Kier alpha value is -3.21. The van der Waals surface area contributed by atoms with Gasteiger partial charge in [0.25, 0.3) is 0 Å². The molecule has 0 bridgehead atoms. The first-order chi connectivity index (χ1) is 13.5. The molecule has 2 heterocycles. The van der Waals surface area contributed by atoms with E-state index in [4.69, 9.17) is 0 Å². The van der Waals surface area contributed by atoms with Gasteiger partial charge in [0.1, 0.15) is 18.0 Å². The fourth-order valence-corrected chi connectivity index (χ4v) is 3.49. The zero-order chi connectivity index (χ0) is 19.8. The first kappa shape index (κ1) is 18.2. The lowest BCUT2D eigenvalue weighted by Gasteiger charge is -2.10. The lowest BCUT2D eigenvalue weighted by atomic mass is 10.0. The molecule has 0 aliphatic rings. The predicted octanol–water partition coefficient (Wildman–Crippen LogP) is 6.04. The summed E-state index contributed by atoms with van der Waals surface area (Å²) in [7, 11) is 0. The Morgan fingerprint density at radius 2 is 1.61 bits per heavy atom. The van der Waals surface area contributed by atoms with Gasteiger partial charge in [0.2, 0.25) is 0 Å². The van der Waals surface area contributed by atoms with Gasteiger partial charge in [0, 0.05) is 17.1 Å². The highest BCUT2D eigenvalue weighted by atomic mass is 19.1. The van der Waals surface area contributed by atoms with Crippen molar-refractivity contribution in [2.75, 3.05) is 5.32 Å². The number of nitrogens with one attached hydrogen (secondary N) is 1. The molecule has 0 saturated heterocycles. The zero-order valence-electron chi connectivity index (χ0n) is 16.5. The lowest BCUT2D eigenvalue weighted by molar-refractivity contribution is 0.627. The average Bonchev–Trinajstić information content (AvgIpc) is 2.95. The molecule has 0 amide bonds. The van der Waals surface area contributed by atoms with Crippen LogP contribution in [0, 0.1) is 19.7 Å². The van der Waals surface area contributed by atoms with E-state index in [1.165, 1.54) is 17.7 Å². The summed E-state index contributed by atoms with van der Waals surface area (Å²) < 4.78 is 15.4. The molecule has 0 aliphatic carbocycles. The number of benzene rings is 2. The Morgan fingerprint density at radius 1 is 0.929 bits per heavy atom. The first-order valence-corrected chi connectivity index (χ1v) is 9.41. The van der Waals surface area contributed by atoms with Crippen molar-refractivity contribution < 1.29 is 4.39 Å². The molecule has 142 valence electrons. The Morgan fingerprint density at radius 3 is 2.25 bits per heavy atom. The van der Waals surface area contributed by atoms with Gasteiger partial charge in [-0.3, -0.25) is 4.57 Å². The van der Waals surface area contributed by atoms with Crippen LogP contribution in [0.4, 0.5) is 15.9 Å². The molecule has 28 heavy (non-hydrogen) atoms. The predicted molar refractivity (Wildman–Crippen MR) is 112 cm³/mol. The number of anilines is 2. The van der Waals surface area contributed by atoms with E-state index in [1.807, 2.05) is 11.5 Å². The van der Waals surface area contributed by atoms with Gasteiger partial charge >= 0.3 is 0 Å². The van der Waals surface area contributed by atoms with Crippen LogP contribution in [0.15, 0.2) is 54.9 Å². The SMILES string of the molecule is Cc1c(C)n(-c2ccc(F)cc2)c2ncnc(Nc3ccc(C(C)C)cc3)c12. The van der Waals surface area contributed by atoms with E-state index >= 15 is 0 Å². The topological polar surface area (TPSA) is 42.7 Å². The van der Waals surface area contributed by atoms with Crippen molar-refractivity contribution in [1.82, 2.24) is 14.5 Å². The van der Waals surface area contributed by atoms with Crippen LogP contribution in [0.2, 0.25) is 0 Å². The minimum atomic E-state index is -0.253. The summed E-state index contributed by atoms with van der Waals surface area (Å²) in [5.41, 5.74) is 6.12. The molecule has 2 aromatic heterocycles. The Bertz CT molecular complexity index is 1130. The highest BCUT2D eigenvalue weighted by Gasteiger charge is 2.17. The van der Waals surface area contributed by atoms with Gasteiger partial charge in [-0.15, -0.1) is 0 Å². The van der Waals surface area contributed by atoms with Gasteiger partial charge in [-0.25, -0.2) is 14.4 Å². The Labute approximate surface area is 164 Å². The summed E-state index contributed by atoms with van der Waals surface area (Å²) in [6.45, 7) is 8.47. The zero-order valence-corrected chi connectivity index (χ0v) is 16.5. The van der Waals surface area contributed by atoms with E-state index in [0.717, 1.165) is 39.5 Å². The number of rotatable bonds is 4. The molecule has 5 heteroatoms. The number of halogens is 1.